The van der Waals surface area contributed by atoms with Crippen molar-refractivity contribution in [2.45, 2.75) is 19.0 Å². The molecule has 33 heavy (non-hydrogen) atoms. The predicted octanol–water partition coefficient (Wildman–Crippen LogP) is 5.53. The Morgan fingerprint density at radius 3 is 2.61 bits per heavy atom. The number of nitrogens with one attached hydrogen (secondary N) is 1. The van der Waals surface area contributed by atoms with Gasteiger partial charge in [-0.05, 0) is 67.7 Å². The molecule has 1 aliphatic rings. The Hall–Kier alpha value is -3.97. The number of aromatic carboxylic acids is 1. The van der Waals surface area contributed by atoms with Crippen molar-refractivity contribution in [3.05, 3.63) is 108 Å². The molecule has 0 aliphatic carbocycles. The van der Waals surface area contributed by atoms with Crippen molar-refractivity contribution in [1.29, 1.82) is 0 Å². The Labute approximate surface area is 196 Å². The van der Waals surface area contributed by atoms with Crippen molar-refractivity contribution in [3.8, 4) is 11.3 Å². The van der Waals surface area contributed by atoms with Crippen LogP contribution in [-0.4, -0.2) is 21.2 Å². The molecule has 1 aliphatic heterocycles. The average molecular weight is 456 g/mol. The van der Waals surface area contributed by atoms with Crippen LogP contribution in [0.25, 0.3) is 11.3 Å². The number of rotatable bonds is 5. The smallest absolute Gasteiger partial charge is 0.335 e. The van der Waals surface area contributed by atoms with Crippen molar-refractivity contribution in [2.24, 2.45) is 0 Å². The summed E-state index contributed by atoms with van der Waals surface area (Å²) >= 11 is 5.74. The summed E-state index contributed by atoms with van der Waals surface area (Å²) < 4.78 is 6.30. The van der Waals surface area contributed by atoms with Crippen molar-refractivity contribution < 1.29 is 14.3 Å². The number of carboxylic acids is 1. The van der Waals surface area contributed by atoms with E-state index >= 15 is 0 Å². The number of thiocarbonyl (C=S) groups is 1. The van der Waals surface area contributed by atoms with Gasteiger partial charge in [0.2, 0.25) is 0 Å². The Morgan fingerprint density at radius 1 is 1.06 bits per heavy atom. The summed E-state index contributed by atoms with van der Waals surface area (Å²) in [6, 6.07) is 24.0. The molecule has 1 fully saturated rings. The Balaban J connectivity index is 1.58. The molecule has 4 aromatic rings. The predicted molar refractivity (Wildman–Crippen MR) is 130 cm³/mol. The molecule has 2 aromatic carbocycles. The minimum atomic E-state index is -0.977. The van der Waals surface area contributed by atoms with Gasteiger partial charge in [-0.2, -0.15) is 0 Å². The molecular formula is C26H21N3O3S. The normalized spacial score (nSPS) is 17.7. The molecule has 2 N–H and O–H groups in total. The highest BCUT2D eigenvalue weighted by Crippen LogP contribution is 2.42. The summed E-state index contributed by atoms with van der Waals surface area (Å²) in [5.41, 5.74) is 3.87. The van der Waals surface area contributed by atoms with Crippen LogP contribution in [0.2, 0.25) is 0 Å². The van der Waals surface area contributed by atoms with Crippen LogP contribution in [0.5, 0.6) is 0 Å². The largest absolute Gasteiger partial charge is 0.478 e. The number of pyridine rings is 1. The Morgan fingerprint density at radius 2 is 1.88 bits per heavy atom. The van der Waals surface area contributed by atoms with Crippen LogP contribution in [0.15, 0.2) is 89.5 Å². The second-order valence-electron chi connectivity index (χ2n) is 7.92. The van der Waals surface area contributed by atoms with Crippen molar-refractivity contribution >= 4 is 29.0 Å². The lowest BCUT2D eigenvalue weighted by atomic mass is 10.0. The molecule has 0 bridgehead atoms. The summed E-state index contributed by atoms with van der Waals surface area (Å²) in [6.45, 7) is 2.04. The minimum Gasteiger partial charge on any atom is -0.478 e. The van der Waals surface area contributed by atoms with Gasteiger partial charge in [0.25, 0.3) is 0 Å². The van der Waals surface area contributed by atoms with E-state index in [1.165, 1.54) is 0 Å². The number of aryl methyl sites for hydroxylation is 1. The molecule has 3 heterocycles. The molecule has 0 saturated carbocycles. The lowest BCUT2D eigenvalue weighted by molar-refractivity contribution is 0.0697. The first-order valence-corrected chi connectivity index (χ1v) is 10.9. The van der Waals surface area contributed by atoms with Crippen LogP contribution in [0, 0.1) is 6.92 Å². The highest BCUT2D eigenvalue weighted by Gasteiger charge is 2.42. The zero-order chi connectivity index (χ0) is 22.9. The van der Waals surface area contributed by atoms with Gasteiger partial charge in [0.15, 0.2) is 5.11 Å². The standard InChI is InChI=1S/C26H21N3O3S/c1-16-8-10-19(11-9-16)29-24(23(28-26(29)33)20-7-2-3-14-27-20)22-13-12-21(32-22)17-5-4-6-18(15-17)25(30)31/h2-15,23-24H,1H3,(H,28,33)(H,30,31)/t23-,24-/m1/s1. The molecule has 0 amide bonds. The zero-order valence-electron chi connectivity index (χ0n) is 17.8. The molecule has 6 nitrogen and oxygen atoms in total. The molecule has 5 rings (SSSR count). The summed E-state index contributed by atoms with van der Waals surface area (Å²) in [6.07, 6.45) is 1.76. The third-order valence-electron chi connectivity index (χ3n) is 5.72. The highest BCUT2D eigenvalue weighted by atomic mass is 32.1. The molecule has 7 heteroatoms. The molecule has 2 atom stereocenters. The maximum Gasteiger partial charge on any atom is 0.335 e. The second-order valence-corrected chi connectivity index (χ2v) is 8.31. The fourth-order valence-corrected chi connectivity index (χ4v) is 4.45. The van der Waals surface area contributed by atoms with Gasteiger partial charge in [-0.3, -0.25) is 4.98 Å². The number of aromatic nitrogens is 1. The van der Waals surface area contributed by atoms with Gasteiger partial charge in [0, 0.05) is 17.4 Å². The van der Waals surface area contributed by atoms with Gasteiger partial charge in [-0.15, -0.1) is 0 Å². The second kappa shape index (κ2) is 8.52. The number of carboxylic acid groups (broad SMARTS) is 1. The van der Waals surface area contributed by atoms with Gasteiger partial charge in [0.1, 0.15) is 17.6 Å². The molecule has 0 radical (unpaired) electrons. The number of hydrogen-bond donors (Lipinski definition) is 2. The number of anilines is 1. The lowest BCUT2D eigenvalue weighted by Gasteiger charge is -2.26. The topological polar surface area (TPSA) is 78.6 Å². The minimum absolute atomic E-state index is 0.210. The third-order valence-corrected chi connectivity index (χ3v) is 6.04. The van der Waals surface area contributed by atoms with Crippen LogP contribution in [0.3, 0.4) is 0 Å². The van der Waals surface area contributed by atoms with Crippen LogP contribution >= 0.6 is 12.2 Å². The fourth-order valence-electron chi connectivity index (χ4n) is 4.10. The van der Waals surface area contributed by atoms with E-state index in [2.05, 4.69) is 10.3 Å². The molecule has 0 unspecified atom stereocenters. The number of carbonyl (C=O) groups is 1. The molecule has 1 saturated heterocycles. The van der Waals surface area contributed by atoms with E-state index in [1.807, 2.05) is 72.5 Å². The van der Waals surface area contributed by atoms with E-state index in [4.69, 9.17) is 16.6 Å². The molecule has 2 aromatic heterocycles. The first-order valence-electron chi connectivity index (χ1n) is 10.5. The monoisotopic (exact) mass is 455 g/mol. The number of benzene rings is 2. The average Bonchev–Trinajstić information content (AvgIpc) is 3.45. The van der Waals surface area contributed by atoms with Crippen LogP contribution in [-0.2, 0) is 0 Å². The number of nitrogens with zero attached hydrogens (tertiary/aromatic N) is 2. The Kier molecular flexibility index (Phi) is 5.40. The third kappa shape index (κ3) is 3.99. The lowest BCUT2D eigenvalue weighted by Crippen LogP contribution is -2.29. The van der Waals surface area contributed by atoms with Gasteiger partial charge in [-0.25, -0.2) is 4.79 Å². The van der Waals surface area contributed by atoms with E-state index in [1.54, 1.807) is 24.4 Å². The van der Waals surface area contributed by atoms with E-state index in [0.29, 0.717) is 22.2 Å². The summed E-state index contributed by atoms with van der Waals surface area (Å²) in [5.74, 6) is 0.318. The SMILES string of the molecule is Cc1ccc(N2C(=S)N[C@H](c3ccccn3)[C@H]2c2ccc(-c3cccc(C(=O)O)c3)o2)cc1. The number of furan rings is 1. The van der Waals surface area contributed by atoms with E-state index < -0.39 is 5.97 Å². The van der Waals surface area contributed by atoms with Crippen LogP contribution in [0.4, 0.5) is 5.69 Å². The highest BCUT2D eigenvalue weighted by molar-refractivity contribution is 7.80. The quantitative estimate of drug-likeness (QED) is 0.383. The fraction of sp³-hybridized carbons (Fsp3) is 0.115. The number of hydrogen-bond acceptors (Lipinski definition) is 4. The van der Waals surface area contributed by atoms with E-state index in [9.17, 15) is 9.90 Å². The maximum atomic E-state index is 11.4. The van der Waals surface area contributed by atoms with Gasteiger partial charge >= 0.3 is 5.97 Å². The van der Waals surface area contributed by atoms with Crippen LogP contribution < -0.4 is 10.2 Å². The van der Waals surface area contributed by atoms with E-state index in [-0.39, 0.29) is 17.6 Å². The van der Waals surface area contributed by atoms with Gasteiger partial charge in [0.05, 0.1) is 17.3 Å². The van der Waals surface area contributed by atoms with Crippen molar-refractivity contribution in [2.75, 3.05) is 4.90 Å². The first-order chi connectivity index (χ1) is 16.0. The summed E-state index contributed by atoms with van der Waals surface area (Å²) in [7, 11) is 0. The molecule has 0 spiro atoms. The van der Waals surface area contributed by atoms with E-state index in [0.717, 1.165) is 16.9 Å². The van der Waals surface area contributed by atoms with Gasteiger partial charge in [-0.1, -0.05) is 35.9 Å². The maximum absolute atomic E-state index is 11.4. The van der Waals surface area contributed by atoms with Crippen LogP contribution in [0.1, 0.15) is 39.5 Å². The summed E-state index contributed by atoms with van der Waals surface area (Å²) in [4.78, 5) is 18.0. The van der Waals surface area contributed by atoms with Crippen molar-refractivity contribution in [1.82, 2.24) is 10.3 Å². The molecule has 164 valence electrons. The van der Waals surface area contributed by atoms with Gasteiger partial charge < -0.3 is 19.7 Å². The zero-order valence-corrected chi connectivity index (χ0v) is 18.6. The van der Waals surface area contributed by atoms with Crippen molar-refractivity contribution in [3.63, 3.8) is 0 Å². The molecular weight excluding hydrogens is 434 g/mol. The Bertz CT molecular complexity index is 1320. The first kappa shape index (κ1) is 20.9. The summed E-state index contributed by atoms with van der Waals surface area (Å²) in [5, 5.41) is 13.3.